The number of hydrogen-bond acceptors (Lipinski definition) is 4. The molecule has 0 aliphatic rings. The third-order valence-electron chi connectivity index (χ3n) is 6.33. The second kappa shape index (κ2) is 9.60. The van der Waals surface area contributed by atoms with Crippen LogP contribution in [-0.2, 0) is 18.6 Å². The highest BCUT2D eigenvalue weighted by Crippen LogP contribution is 2.38. The molecule has 0 spiro atoms. The third-order valence-corrected chi connectivity index (χ3v) is 6.64. The Morgan fingerprint density at radius 2 is 1.67 bits per heavy atom. The van der Waals surface area contributed by atoms with Crippen LogP contribution in [-0.4, -0.2) is 30.2 Å². The molecule has 7 nitrogen and oxygen atoms in total. The van der Waals surface area contributed by atoms with E-state index in [0.29, 0.717) is 46.7 Å². The molecule has 5 aromatic rings. The molecule has 2 N–H and O–H groups in total. The van der Waals surface area contributed by atoms with E-state index in [4.69, 9.17) is 16.6 Å². The van der Waals surface area contributed by atoms with E-state index in [0.717, 1.165) is 5.69 Å². The molecule has 0 unspecified atom stereocenters. The van der Waals surface area contributed by atoms with Crippen LogP contribution in [0.15, 0.2) is 85.3 Å². The van der Waals surface area contributed by atoms with Crippen molar-refractivity contribution >= 4 is 28.8 Å². The van der Waals surface area contributed by atoms with E-state index in [1.54, 1.807) is 29.3 Å². The summed E-state index contributed by atoms with van der Waals surface area (Å²) in [7, 11) is 0. The SMILES string of the molecule is CCc1c(C(O)(c2ccccc2)c2ccccc2)nc2cc(Cl)c(C(=O)Nc3cnn(CC)c3)cn12. The smallest absolute Gasteiger partial charge is 0.258 e. The number of fused-ring (bicyclic) bond motifs is 1. The fraction of sp³-hybridized carbons (Fsp3) is 0.179. The Morgan fingerprint density at radius 1 is 1.03 bits per heavy atom. The Labute approximate surface area is 214 Å². The first kappa shape index (κ1) is 23.8. The van der Waals surface area contributed by atoms with E-state index < -0.39 is 5.60 Å². The number of aliphatic hydroxyl groups is 1. The summed E-state index contributed by atoms with van der Waals surface area (Å²) in [4.78, 5) is 18.0. The molecule has 182 valence electrons. The van der Waals surface area contributed by atoms with Crippen molar-refractivity contribution in [3.63, 3.8) is 0 Å². The molecule has 5 rings (SSSR count). The molecular weight excluding hydrogens is 474 g/mol. The number of benzene rings is 2. The van der Waals surface area contributed by atoms with Gasteiger partial charge in [0.05, 0.1) is 22.5 Å². The van der Waals surface area contributed by atoms with Crippen molar-refractivity contribution in [1.29, 1.82) is 0 Å². The number of halogens is 1. The van der Waals surface area contributed by atoms with Gasteiger partial charge in [-0.25, -0.2) is 4.98 Å². The van der Waals surface area contributed by atoms with Crippen molar-refractivity contribution in [2.75, 3.05) is 5.32 Å². The van der Waals surface area contributed by atoms with Crippen LogP contribution in [0.2, 0.25) is 5.02 Å². The van der Waals surface area contributed by atoms with Gasteiger partial charge in [-0.3, -0.25) is 9.48 Å². The van der Waals surface area contributed by atoms with Crippen molar-refractivity contribution in [2.24, 2.45) is 0 Å². The average Bonchev–Trinajstić information content (AvgIpc) is 3.52. The standard InChI is InChI=1S/C28H26ClN5O2/c1-3-24-26(28(36,19-11-7-5-8-12-19)20-13-9-6-10-14-20)32-25-15-23(29)22(18-34(24)25)27(35)31-21-16-30-33(4-2)17-21/h5-18,36H,3-4H2,1-2H3,(H,31,35). The summed E-state index contributed by atoms with van der Waals surface area (Å²) in [5, 5.41) is 19.6. The first-order valence-electron chi connectivity index (χ1n) is 11.8. The highest BCUT2D eigenvalue weighted by molar-refractivity contribution is 6.34. The Morgan fingerprint density at radius 3 is 2.22 bits per heavy atom. The first-order valence-corrected chi connectivity index (χ1v) is 12.2. The molecular formula is C28H26ClN5O2. The highest BCUT2D eigenvalue weighted by atomic mass is 35.5. The minimum atomic E-state index is -1.50. The minimum Gasteiger partial charge on any atom is -0.374 e. The predicted molar refractivity (Wildman–Crippen MR) is 140 cm³/mol. The summed E-state index contributed by atoms with van der Waals surface area (Å²) in [6.45, 7) is 4.67. The van der Waals surface area contributed by atoms with Gasteiger partial charge in [-0.2, -0.15) is 5.10 Å². The van der Waals surface area contributed by atoms with Crippen LogP contribution in [0.1, 0.15) is 46.7 Å². The van der Waals surface area contributed by atoms with E-state index in [9.17, 15) is 9.90 Å². The number of carbonyl (C=O) groups excluding carboxylic acids is 1. The molecule has 3 aromatic heterocycles. The van der Waals surface area contributed by atoms with Gasteiger partial charge >= 0.3 is 0 Å². The molecule has 0 aliphatic carbocycles. The fourth-order valence-electron chi connectivity index (χ4n) is 4.51. The summed E-state index contributed by atoms with van der Waals surface area (Å²) in [6, 6.07) is 20.6. The zero-order valence-electron chi connectivity index (χ0n) is 20.0. The van der Waals surface area contributed by atoms with Gasteiger partial charge in [0.1, 0.15) is 11.3 Å². The molecule has 2 aromatic carbocycles. The van der Waals surface area contributed by atoms with Crippen LogP contribution in [0.3, 0.4) is 0 Å². The summed E-state index contributed by atoms with van der Waals surface area (Å²) in [6.07, 6.45) is 5.62. The Balaban J connectivity index is 1.65. The number of aryl methyl sites for hydroxylation is 2. The number of carbonyl (C=O) groups is 1. The highest BCUT2D eigenvalue weighted by Gasteiger charge is 2.38. The molecule has 8 heteroatoms. The molecule has 0 radical (unpaired) electrons. The fourth-order valence-corrected chi connectivity index (χ4v) is 4.74. The number of anilines is 1. The molecule has 0 aliphatic heterocycles. The van der Waals surface area contributed by atoms with Crippen molar-refractivity contribution in [3.05, 3.63) is 118 Å². The van der Waals surface area contributed by atoms with E-state index in [-0.39, 0.29) is 10.9 Å². The van der Waals surface area contributed by atoms with E-state index >= 15 is 0 Å². The lowest BCUT2D eigenvalue weighted by atomic mass is 9.82. The van der Waals surface area contributed by atoms with Crippen molar-refractivity contribution in [3.8, 4) is 0 Å². The van der Waals surface area contributed by atoms with E-state index in [1.165, 1.54) is 0 Å². The van der Waals surface area contributed by atoms with Crippen LogP contribution < -0.4 is 5.32 Å². The molecule has 1 amide bonds. The Bertz CT molecular complexity index is 1490. The molecule has 0 atom stereocenters. The second-order valence-corrected chi connectivity index (χ2v) is 8.91. The summed E-state index contributed by atoms with van der Waals surface area (Å²) >= 11 is 6.55. The van der Waals surface area contributed by atoms with Crippen LogP contribution in [0.25, 0.3) is 5.65 Å². The van der Waals surface area contributed by atoms with Crippen LogP contribution in [0, 0.1) is 0 Å². The largest absolute Gasteiger partial charge is 0.374 e. The Hall–Kier alpha value is -3.94. The molecule has 0 fully saturated rings. The van der Waals surface area contributed by atoms with Crippen molar-refractivity contribution < 1.29 is 9.90 Å². The lowest BCUT2D eigenvalue weighted by molar-refractivity contribution is 0.102. The number of pyridine rings is 1. The van der Waals surface area contributed by atoms with E-state index in [1.807, 2.05) is 78.9 Å². The van der Waals surface area contributed by atoms with Gasteiger partial charge < -0.3 is 14.8 Å². The Kier molecular flexibility index (Phi) is 6.35. The van der Waals surface area contributed by atoms with Crippen LogP contribution in [0.4, 0.5) is 5.69 Å². The summed E-state index contributed by atoms with van der Waals surface area (Å²) in [5.74, 6) is -0.351. The molecule has 0 saturated heterocycles. The lowest BCUT2D eigenvalue weighted by Crippen LogP contribution is -2.30. The molecule has 0 bridgehead atoms. The molecule has 3 heterocycles. The third kappa shape index (κ3) is 4.06. The molecule has 36 heavy (non-hydrogen) atoms. The van der Waals surface area contributed by atoms with Gasteiger partial charge in [-0.15, -0.1) is 0 Å². The quantitative estimate of drug-likeness (QED) is 0.318. The normalized spacial score (nSPS) is 11.7. The topological polar surface area (TPSA) is 84.5 Å². The van der Waals surface area contributed by atoms with Crippen LogP contribution >= 0.6 is 11.6 Å². The number of hydrogen-bond donors (Lipinski definition) is 2. The maximum atomic E-state index is 13.1. The molecule has 0 saturated carbocycles. The summed E-state index contributed by atoms with van der Waals surface area (Å²) in [5.41, 5.74) is 2.62. The van der Waals surface area contributed by atoms with Gasteiger partial charge in [0.15, 0.2) is 5.60 Å². The van der Waals surface area contributed by atoms with Crippen LogP contribution in [0.5, 0.6) is 0 Å². The second-order valence-electron chi connectivity index (χ2n) is 8.51. The zero-order chi connectivity index (χ0) is 25.3. The van der Waals surface area contributed by atoms with Crippen molar-refractivity contribution in [2.45, 2.75) is 32.4 Å². The van der Waals surface area contributed by atoms with E-state index in [2.05, 4.69) is 10.4 Å². The first-order chi connectivity index (χ1) is 17.5. The minimum absolute atomic E-state index is 0.269. The lowest BCUT2D eigenvalue weighted by Gasteiger charge is -2.29. The number of imidazole rings is 1. The maximum absolute atomic E-state index is 13.1. The number of amides is 1. The monoisotopic (exact) mass is 499 g/mol. The number of aromatic nitrogens is 4. The van der Waals surface area contributed by atoms with Crippen molar-refractivity contribution in [1.82, 2.24) is 19.2 Å². The van der Waals surface area contributed by atoms with Gasteiger partial charge in [-0.1, -0.05) is 79.2 Å². The average molecular weight is 500 g/mol. The predicted octanol–water partition coefficient (Wildman–Crippen LogP) is 5.30. The number of nitrogens with one attached hydrogen (secondary N) is 1. The van der Waals surface area contributed by atoms with Gasteiger partial charge in [0.2, 0.25) is 0 Å². The number of nitrogens with zero attached hydrogens (tertiary/aromatic N) is 4. The number of rotatable bonds is 7. The van der Waals surface area contributed by atoms with Gasteiger partial charge in [0.25, 0.3) is 5.91 Å². The zero-order valence-corrected chi connectivity index (χ0v) is 20.8. The maximum Gasteiger partial charge on any atom is 0.258 e. The summed E-state index contributed by atoms with van der Waals surface area (Å²) < 4.78 is 3.56. The van der Waals surface area contributed by atoms with Gasteiger partial charge in [0, 0.05) is 30.7 Å². The van der Waals surface area contributed by atoms with Gasteiger partial charge in [-0.05, 0) is 24.5 Å².